The average molecular weight is 367 g/mol. The third kappa shape index (κ3) is 3.07. The van der Waals surface area contributed by atoms with Gasteiger partial charge in [-0.15, -0.1) is 0 Å². The summed E-state index contributed by atoms with van der Waals surface area (Å²) in [4.78, 5) is 13.0. The minimum absolute atomic E-state index is 0.227. The zero-order valence-electron chi connectivity index (χ0n) is 10.5. The highest BCUT2D eigenvalue weighted by molar-refractivity contribution is 14.1. The van der Waals surface area contributed by atoms with Crippen LogP contribution in [0.25, 0.3) is 0 Å². The summed E-state index contributed by atoms with van der Waals surface area (Å²) < 4.78 is 0.922. The SMILES string of the molecule is CC(c1ccccc1)N(C(=O)O)c1ccccc1I. The van der Waals surface area contributed by atoms with E-state index >= 15 is 0 Å². The largest absolute Gasteiger partial charge is 0.465 e. The second-order valence-electron chi connectivity index (χ2n) is 4.19. The lowest BCUT2D eigenvalue weighted by Gasteiger charge is -2.27. The molecule has 2 aromatic rings. The fourth-order valence-corrected chi connectivity index (χ4v) is 2.65. The zero-order valence-corrected chi connectivity index (χ0v) is 12.6. The fraction of sp³-hybridized carbons (Fsp3) is 0.133. The zero-order chi connectivity index (χ0) is 13.8. The summed E-state index contributed by atoms with van der Waals surface area (Å²) in [5.41, 5.74) is 1.69. The van der Waals surface area contributed by atoms with Crippen molar-refractivity contribution < 1.29 is 9.90 Å². The smallest absolute Gasteiger partial charge is 0.412 e. The van der Waals surface area contributed by atoms with Crippen LogP contribution in [0.1, 0.15) is 18.5 Å². The summed E-state index contributed by atoms with van der Waals surface area (Å²) in [7, 11) is 0. The fourth-order valence-electron chi connectivity index (χ4n) is 2.01. The molecule has 2 rings (SSSR count). The predicted molar refractivity (Wildman–Crippen MR) is 84.5 cm³/mol. The Morgan fingerprint density at radius 2 is 1.68 bits per heavy atom. The van der Waals surface area contributed by atoms with Crippen LogP contribution in [0.4, 0.5) is 10.5 Å². The Balaban J connectivity index is 2.42. The molecule has 1 amide bonds. The van der Waals surface area contributed by atoms with Crippen molar-refractivity contribution in [3.63, 3.8) is 0 Å². The summed E-state index contributed by atoms with van der Waals surface area (Å²) in [5.74, 6) is 0. The first-order chi connectivity index (χ1) is 9.11. The molecular formula is C15H14INO2. The van der Waals surface area contributed by atoms with E-state index in [1.165, 1.54) is 4.90 Å². The first-order valence-corrected chi connectivity index (χ1v) is 7.00. The summed E-state index contributed by atoms with van der Waals surface area (Å²) in [6.07, 6.45) is -0.944. The maximum absolute atomic E-state index is 11.6. The molecule has 0 aliphatic heterocycles. The number of nitrogens with zero attached hydrogens (tertiary/aromatic N) is 1. The van der Waals surface area contributed by atoms with Gasteiger partial charge in [-0.2, -0.15) is 0 Å². The Hall–Kier alpha value is -1.56. The van der Waals surface area contributed by atoms with Crippen LogP contribution < -0.4 is 4.90 Å². The highest BCUT2D eigenvalue weighted by Crippen LogP contribution is 2.30. The molecule has 1 N–H and O–H groups in total. The minimum atomic E-state index is -0.944. The third-order valence-corrected chi connectivity index (χ3v) is 3.90. The first kappa shape index (κ1) is 13.9. The van der Waals surface area contributed by atoms with Crippen LogP contribution >= 0.6 is 22.6 Å². The van der Waals surface area contributed by atoms with Gasteiger partial charge in [0.15, 0.2) is 0 Å². The van der Waals surface area contributed by atoms with Crippen molar-refractivity contribution in [3.8, 4) is 0 Å². The van der Waals surface area contributed by atoms with Crippen LogP contribution in [0.5, 0.6) is 0 Å². The molecule has 0 saturated heterocycles. The molecule has 0 bridgehead atoms. The standard InChI is InChI=1S/C15H14INO2/c1-11(12-7-3-2-4-8-12)17(15(18)19)14-10-6-5-9-13(14)16/h2-11H,1H3,(H,18,19). The van der Waals surface area contributed by atoms with E-state index in [1.54, 1.807) is 0 Å². The topological polar surface area (TPSA) is 40.5 Å². The van der Waals surface area contributed by atoms with Gasteiger partial charge in [0.25, 0.3) is 0 Å². The van der Waals surface area contributed by atoms with Crippen molar-refractivity contribution in [1.29, 1.82) is 0 Å². The van der Waals surface area contributed by atoms with E-state index in [0.717, 1.165) is 9.13 Å². The Morgan fingerprint density at radius 1 is 1.11 bits per heavy atom. The van der Waals surface area contributed by atoms with Gasteiger partial charge >= 0.3 is 6.09 Å². The summed E-state index contributed by atoms with van der Waals surface area (Å²) >= 11 is 2.16. The van der Waals surface area contributed by atoms with Gasteiger partial charge < -0.3 is 5.11 Å². The highest BCUT2D eigenvalue weighted by atomic mass is 127. The maximum Gasteiger partial charge on any atom is 0.412 e. The van der Waals surface area contributed by atoms with Crippen molar-refractivity contribution in [2.75, 3.05) is 4.90 Å². The molecule has 0 aromatic heterocycles. The lowest BCUT2D eigenvalue weighted by molar-refractivity contribution is 0.199. The molecule has 3 nitrogen and oxygen atoms in total. The van der Waals surface area contributed by atoms with Crippen LogP contribution in [0, 0.1) is 3.57 Å². The van der Waals surface area contributed by atoms with Gasteiger partial charge in [0.1, 0.15) is 0 Å². The monoisotopic (exact) mass is 367 g/mol. The molecule has 0 radical (unpaired) electrons. The number of benzene rings is 2. The molecule has 1 unspecified atom stereocenters. The number of halogens is 1. The van der Waals surface area contributed by atoms with E-state index in [1.807, 2.05) is 61.5 Å². The summed E-state index contributed by atoms with van der Waals surface area (Å²) in [6, 6.07) is 16.9. The highest BCUT2D eigenvalue weighted by Gasteiger charge is 2.24. The number of carbonyl (C=O) groups is 1. The third-order valence-electron chi connectivity index (χ3n) is 2.99. The van der Waals surface area contributed by atoms with Crippen LogP contribution in [0.2, 0.25) is 0 Å². The summed E-state index contributed by atoms with van der Waals surface area (Å²) in [6.45, 7) is 1.90. The van der Waals surface area contributed by atoms with E-state index in [4.69, 9.17) is 0 Å². The molecule has 4 heteroatoms. The lowest BCUT2D eigenvalue weighted by Crippen LogP contribution is -2.32. The van der Waals surface area contributed by atoms with Crippen molar-refractivity contribution in [2.24, 2.45) is 0 Å². The van der Waals surface area contributed by atoms with E-state index < -0.39 is 6.09 Å². The number of para-hydroxylation sites is 1. The normalized spacial score (nSPS) is 11.9. The Morgan fingerprint density at radius 3 is 2.26 bits per heavy atom. The lowest BCUT2D eigenvalue weighted by atomic mass is 10.1. The van der Waals surface area contributed by atoms with E-state index in [0.29, 0.717) is 5.69 Å². The quantitative estimate of drug-likeness (QED) is 0.810. The van der Waals surface area contributed by atoms with Gasteiger partial charge in [0.2, 0.25) is 0 Å². The number of carboxylic acid groups (broad SMARTS) is 1. The molecule has 0 aliphatic rings. The van der Waals surface area contributed by atoms with Crippen molar-refractivity contribution in [1.82, 2.24) is 0 Å². The Kier molecular flexibility index (Phi) is 4.42. The maximum atomic E-state index is 11.6. The predicted octanol–water partition coefficient (Wildman–Crippen LogP) is 4.54. The molecule has 98 valence electrons. The molecule has 0 saturated carbocycles. The van der Waals surface area contributed by atoms with Gasteiger partial charge in [-0.1, -0.05) is 42.5 Å². The summed E-state index contributed by atoms with van der Waals surface area (Å²) in [5, 5.41) is 9.51. The van der Waals surface area contributed by atoms with E-state index in [9.17, 15) is 9.90 Å². The Bertz CT molecular complexity index is 571. The molecule has 0 fully saturated rings. The molecule has 19 heavy (non-hydrogen) atoms. The van der Waals surface area contributed by atoms with E-state index in [2.05, 4.69) is 22.6 Å². The van der Waals surface area contributed by atoms with Crippen molar-refractivity contribution >= 4 is 34.4 Å². The number of rotatable bonds is 3. The molecule has 0 spiro atoms. The van der Waals surface area contributed by atoms with E-state index in [-0.39, 0.29) is 6.04 Å². The Labute approximate surface area is 126 Å². The first-order valence-electron chi connectivity index (χ1n) is 5.93. The van der Waals surface area contributed by atoms with Gasteiger partial charge in [0.05, 0.1) is 11.7 Å². The van der Waals surface area contributed by atoms with Gasteiger partial charge in [-0.25, -0.2) is 4.79 Å². The van der Waals surface area contributed by atoms with Crippen LogP contribution in [-0.2, 0) is 0 Å². The van der Waals surface area contributed by atoms with Gasteiger partial charge in [0, 0.05) is 3.57 Å². The van der Waals surface area contributed by atoms with Crippen molar-refractivity contribution in [3.05, 3.63) is 63.7 Å². The second kappa shape index (κ2) is 6.06. The number of hydrogen-bond acceptors (Lipinski definition) is 1. The molecular weight excluding hydrogens is 353 g/mol. The van der Waals surface area contributed by atoms with Gasteiger partial charge in [-0.3, -0.25) is 4.90 Å². The molecule has 2 aromatic carbocycles. The average Bonchev–Trinajstić information content (AvgIpc) is 2.42. The van der Waals surface area contributed by atoms with Crippen LogP contribution in [0.3, 0.4) is 0 Å². The molecule has 1 atom stereocenters. The number of anilines is 1. The molecule has 0 heterocycles. The van der Waals surface area contributed by atoms with Crippen molar-refractivity contribution in [2.45, 2.75) is 13.0 Å². The second-order valence-corrected chi connectivity index (χ2v) is 5.35. The molecule has 0 aliphatic carbocycles. The van der Waals surface area contributed by atoms with Gasteiger partial charge in [-0.05, 0) is 47.2 Å². The number of amides is 1. The minimum Gasteiger partial charge on any atom is -0.465 e. The van der Waals surface area contributed by atoms with Crippen LogP contribution in [-0.4, -0.2) is 11.2 Å². The number of hydrogen-bond donors (Lipinski definition) is 1. The van der Waals surface area contributed by atoms with Crippen LogP contribution in [0.15, 0.2) is 54.6 Å².